The Labute approximate surface area is 310 Å². The lowest BCUT2D eigenvalue weighted by Gasteiger charge is -2.42. The van der Waals surface area contributed by atoms with Crippen LogP contribution in [0, 0.1) is 11.2 Å². The number of nitrogens with zero attached hydrogens (tertiary/aromatic N) is 7. The largest absolute Gasteiger partial charge is 0.467 e. The Balaban J connectivity index is 1.13. The van der Waals surface area contributed by atoms with Gasteiger partial charge in [0, 0.05) is 37.8 Å². The van der Waals surface area contributed by atoms with Crippen LogP contribution in [0.2, 0.25) is 5.15 Å². The number of esters is 1. The first-order chi connectivity index (χ1) is 24.6. The minimum absolute atomic E-state index is 0.00334. The van der Waals surface area contributed by atoms with Crippen molar-refractivity contribution >= 4 is 46.3 Å². The molecule has 15 heteroatoms. The maximum absolute atomic E-state index is 15.4. The van der Waals surface area contributed by atoms with Crippen LogP contribution in [0.4, 0.5) is 15.0 Å². The molecule has 2 aromatic heterocycles. The van der Waals surface area contributed by atoms with E-state index in [0.717, 1.165) is 58.0 Å². The normalized spacial score (nSPS) is 24.6. The fourth-order valence-electron chi connectivity index (χ4n) is 8.47. The fourth-order valence-corrected chi connectivity index (χ4v) is 8.61. The quantitative estimate of drug-likeness (QED) is 0.222. The van der Waals surface area contributed by atoms with Crippen LogP contribution in [0.1, 0.15) is 92.9 Å². The van der Waals surface area contributed by atoms with Gasteiger partial charge < -0.3 is 24.0 Å². The number of hydrogen-bond acceptors (Lipinski definition) is 11. The van der Waals surface area contributed by atoms with Gasteiger partial charge in [-0.3, -0.25) is 14.6 Å². The second kappa shape index (κ2) is 15.1. The molecule has 13 nitrogen and oxygen atoms in total. The standard InChI is InChI=1S/C37H53ClFN7O6/c1-36(2,3)30(33(48)50-7)46-22(14-15-27(46)47)10-8-16-43-17-9-11-25(43)21-51-34-41-29-26(18-40-31(38)28(29)39)32(42-34)44-19-23-12-13-24(20-44)45(23)35(49)52-37(4,5)6/h18,22-25,30H,8-17,19-21H2,1-7H3/t22-,23?,24?,25-,30+/m0/s1. The number of pyridine rings is 1. The van der Waals surface area contributed by atoms with E-state index in [2.05, 4.69) is 19.8 Å². The van der Waals surface area contributed by atoms with Gasteiger partial charge in [-0.25, -0.2) is 19.0 Å². The molecule has 0 spiro atoms. The molecule has 2 unspecified atom stereocenters. The SMILES string of the molecule is COC(=O)[C@@H](N1C(=O)CC[C@@H]1CCCN1CCC[C@H]1COc1nc(N2CC3CCC(C2)N3C(=O)OC(C)(C)C)c2cnc(Cl)c(F)c2n1)C(C)(C)C. The van der Waals surface area contributed by atoms with E-state index in [4.69, 9.17) is 30.8 Å². The molecule has 6 rings (SSSR count). The summed E-state index contributed by atoms with van der Waals surface area (Å²) in [7, 11) is 1.37. The summed E-state index contributed by atoms with van der Waals surface area (Å²) < 4.78 is 32.5. The summed E-state index contributed by atoms with van der Waals surface area (Å²) in [6, 6.07) is -0.621. The summed E-state index contributed by atoms with van der Waals surface area (Å²) in [5.74, 6) is -0.602. The summed E-state index contributed by atoms with van der Waals surface area (Å²) >= 11 is 6.11. The van der Waals surface area contributed by atoms with E-state index in [1.54, 1.807) is 4.90 Å². The van der Waals surface area contributed by atoms with Gasteiger partial charge in [0.1, 0.15) is 29.6 Å². The Bertz CT molecular complexity index is 1650. The van der Waals surface area contributed by atoms with Gasteiger partial charge in [0.2, 0.25) is 5.91 Å². The zero-order valence-corrected chi connectivity index (χ0v) is 32.2. The minimum atomic E-state index is -0.731. The number of rotatable bonds is 10. The molecule has 52 heavy (non-hydrogen) atoms. The van der Waals surface area contributed by atoms with Crippen molar-refractivity contribution in [1.29, 1.82) is 0 Å². The number of carbonyl (C=O) groups excluding carboxylic acids is 3. The number of anilines is 1. The maximum Gasteiger partial charge on any atom is 0.410 e. The lowest BCUT2D eigenvalue weighted by atomic mass is 9.85. The van der Waals surface area contributed by atoms with Gasteiger partial charge in [-0.1, -0.05) is 32.4 Å². The summed E-state index contributed by atoms with van der Waals surface area (Å²) in [6.45, 7) is 14.5. The lowest BCUT2D eigenvalue weighted by molar-refractivity contribution is -0.157. The van der Waals surface area contributed by atoms with E-state index in [1.165, 1.54) is 13.3 Å². The number of aromatic nitrogens is 3. The average Bonchev–Trinajstić information content (AvgIpc) is 3.75. The average molecular weight is 746 g/mol. The molecule has 2 amide bonds. The predicted octanol–water partition coefficient (Wildman–Crippen LogP) is 5.61. The number of methoxy groups -OCH3 is 1. The maximum atomic E-state index is 15.4. The first kappa shape index (κ1) is 38.2. The summed E-state index contributed by atoms with van der Waals surface area (Å²) in [4.78, 5) is 60.2. The molecule has 5 atom stereocenters. The molecule has 0 radical (unpaired) electrons. The number of hydrogen-bond donors (Lipinski definition) is 0. The second-order valence-corrected chi connectivity index (χ2v) is 17.1. The molecule has 0 aromatic carbocycles. The van der Waals surface area contributed by atoms with Crippen LogP contribution in [0.25, 0.3) is 10.9 Å². The molecule has 6 heterocycles. The number of carbonyl (C=O) groups is 3. The van der Waals surface area contributed by atoms with E-state index in [1.807, 2.05) is 46.4 Å². The van der Waals surface area contributed by atoms with Crippen molar-refractivity contribution in [2.75, 3.05) is 44.8 Å². The van der Waals surface area contributed by atoms with Crippen LogP contribution in [0.15, 0.2) is 6.20 Å². The molecule has 0 aliphatic carbocycles. The molecule has 2 bridgehead atoms. The Hall–Kier alpha value is -3.52. The molecule has 286 valence electrons. The topological polar surface area (TPSA) is 131 Å². The van der Waals surface area contributed by atoms with E-state index < -0.39 is 22.9 Å². The molecule has 4 saturated heterocycles. The Morgan fingerprint density at radius 1 is 1.04 bits per heavy atom. The van der Waals surface area contributed by atoms with Crippen LogP contribution >= 0.6 is 11.6 Å². The minimum Gasteiger partial charge on any atom is -0.467 e. The third kappa shape index (κ3) is 8.02. The van der Waals surface area contributed by atoms with Crippen LogP contribution in [0.3, 0.4) is 0 Å². The number of amides is 2. The predicted molar refractivity (Wildman–Crippen MR) is 194 cm³/mol. The second-order valence-electron chi connectivity index (χ2n) is 16.7. The molecule has 0 saturated carbocycles. The van der Waals surface area contributed by atoms with E-state index in [-0.39, 0.29) is 58.8 Å². The van der Waals surface area contributed by atoms with E-state index >= 15 is 4.39 Å². The molecule has 4 aliphatic rings. The Morgan fingerprint density at radius 2 is 1.75 bits per heavy atom. The zero-order valence-electron chi connectivity index (χ0n) is 31.5. The summed E-state index contributed by atoms with van der Waals surface area (Å²) in [5, 5.41) is 0.157. The summed E-state index contributed by atoms with van der Waals surface area (Å²) in [6.07, 6.45) is 7.59. The molecule has 4 fully saturated rings. The van der Waals surface area contributed by atoms with Crippen LogP contribution in [-0.2, 0) is 19.1 Å². The van der Waals surface area contributed by atoms with Gasteiger partial charge in [-0.2, -0.15) is 9.97 Å². The van der Waals surface area contributed by atoms with Gasteiger partial charge in [-0.05, 0) is 84.2 Å². The van der Waals surface area contributed by atoms with Crippen molar-refractivity contribution in [2.45, 2.75) is 129 Å². The van der Waals surface area contributed by atoms with Crippen LogP contribution in [-0.4, -0.2) is 123 Å². The number of ether oxygens (including phenoxy) is 3. The molecular formula is C37H53ClFN7O6. The van der Waals surface area contributed by atoms with Crippen LogP contribution in [0.5, 0.6) is 6.01 Å². The molecule has 2 aromatic rings. The van der Waals surface area contributed by atoms with Crippen molar-refractivity contribution in [2.24, 2.45) is 5.41 Å². The van der Waals surface area contributed by atoms with Crippen molar-refractivity contribution in [1.82, 2.24) is 29.7 Å². The lowest BCUT2D eigenvalue weighted by Crippen LogP contribution is -2.57. The monoisotopic (exact) mass is 745 g/mol. The highest BCUT2D eigenvalue weighted by atomic mass is 35.5. The highest BCUT2D eigenvalue weighted by molar-refractivity contribution is 6.30. The van der Waals surface area contributed by atoms with E-state index in [9.17, 15) is 14.4 Å². The molecule has 0 N–H and O–H groups in total. The van der Waals surface area contributed by atoms with Gasteiger partial charge in [0.05, 0.1) is 24.6 Å². The Morgan fingerprint density at radius 3 is 2.40 bits per heavy atom. The van der Waals surface area contributed by atoms with Gasteiger partial charge in [0.25, 0.3) is 0 Å². The van der Waals surface area contributed by atoms with Crippen molar-refractivity contribution in [3.05, 3.63) is 17.2 Å². The van der Waals surface area contributed by atoms with E-state index in [0.29, 0.717) is 37.3 Å². The number of piperazine rings is 1. The third-order valence-electron chi connectivity index (χ3n) is 10.8. The number of fused-ring (bicyclic) bond motifs is 3. The first-order valence-electron chi connectivity index (χ1n) is 18.6. The zero-order chi connectivity index (χ0) is 37.5. The van der Waals surface area contributed by atoms with Crippen LogP contribution < -0.4 is 9.64 Å². The Kier molecular flexibility index (Phi) is 11.1. The highest BCUT2D eigenvalue weighted by Crippen LogP contribution is 2.38. The number of likely N-dealkylation sites (tertiary alicyclic amines) is 2. The van der Waals surface area contributed by atoms with Crippen molar-refractivity contribution in [3.63, 3.8) is 0 Å². The van der Waals surface area contributed by atoms with Crippen molar-refractivity contribution < 1.29 is 33.0 Å². The van der Waals surface area contributed by atoms with Gasteiger partial charge in [-0.15, -0.1) is 0 Å². The number of halogens is 2. The van der Waals surface area contributed by atoms with Gasteiger partial charge in [0.15, 0.2) is 11.0 Å². The molecular weight excluding hydrogens is 693 g/mol. The third-order valence-corrected chi connectivity index (χ3v) is 11.0. The first-order valence-corrected chi connectivity index (χ1v) is 19.0. The van der Waals surface area contributed by atoms with Crippen molar-refractivity contribution in [3.8, 4) is 6.01 Å². The fraction of sp³-hybridized carbons (Fsp3) is 0.730. The van der Waals surface area contributed by atoms with Gasteiger partial charge >= 0.3 is 18.1 Å². The smallest absolute Gasteiger partial charge is 0.410 e. The molecule has 4 aliphatic heterocycles. The summed E-state index contributed by atoms with van der Waals surface area (Å²) in [5.41, 5.74) is -1.01. The highest BCUT2D eigenvalue weighted by Gasteiger charge is 2.47.